The lowest BCUT2D eigenvalue weighted by Gasteiger charge is -2.12. The quantitative estimate of drug-likeness (QED) is 0.855. The van der Waals surface area contributed by atoms with E-state index < -0.39 is 17.7 Å². The van der Waals surface area contributed by atoms with Gasteiger partial charge in [0.05, 0.1) is 29.5 Å². The molecule has 2 aromatic rings. The molecule has 23 heavy (non-hydrogen) atoms. The van der Waals surface area contributed by atoms with Gasteiger partial charge in [-0.15, -0.1) is 0 Å². The number of carboxylic acid groups (broad SMARTS) is 1. The molecule has 0 amide bonds. The highest BCUT2D eigenvalue weighted by atomic mass is 35.5. The molecule has 0 radical (unpaired) electrons. The molecule has 0 atom stereocenters. The maximum atomic E-state index is 12.6. The van der Waals surface area contributed by atoms with Gasteiger partial charge in [-0.3, -0.25) is 4.68 Å². The van der Waals surface area contributed by atoms with Gasteiger partial charge in [-0.25, -0.2) is 0 Å². The fourth-order valence-electron chi connectivity index (χ4n) is 2.02. The SMILES string of the molecule is CC(C)c1cc(C(=O)[O-])n(Cc2ccc(C(F)(F)F)cc2Cl)n1. The molecule has 4 nitrogen and oxygen atoms in total. The van der Waals surface area contributed by atoms with E-state index >= 15 is 0 Å². The van der Waals surface area contributed by atoms with Gasteiger partial charge < -0.3 is 9.90 Å². The Kier molecular flexibility index (Phi) is 4.70. The molecule has 0 fully saturated rings. The molecule has 0 bridgehead atoms. The number of halogens is 4. The number of carboxylic acids is 1. The van der Waals surface area contributed by atoms with Crippen LogP contribution in [0, 0.1) is 0 Å². The van der Waals surface area contributed by atoms with Gasteiger partial charge >= 0.3 is 6.18 Å². The van der Waals surface area contributed by atoms with Gasteiger partial charge in [-0.05, 0) is 29.7 Å². The molecular weight excluding hydrogens is 333 g/mol. The first-order valence-electron chi connectivity index (χ1n) is 6.74. The van der Waals surface area contributed by atoms with Crippen molar-refractivity contribution in [2.24, 2.45) is 0 Å². The molecular formula is C15H13ClF3N2O2-. The molecule has 1 aromatic heterocycles. The van der Waals surface area contributed by atoms with E-state index in [1.807, 2.05) is 13.8 Å². The van der Waals surface area contributed by atoms with Crippen molar-refractivity contribution in [3.05, 3.63) is 51.8 Å². The van der Waals surface area contributed by atoms with E-state index in [0.717, 1.165) is 12.1 Å². The Balaban J connectivity index is 2.38. The third-order valence-electron chi connectivity index (χ3n) is 3.30. The first kappa shape index (κ1) is 17.3. The largest absolute Gasteiger partial charge is 0.543 e. The maximum absolute atomic E-state index is 12.6. The van der Waals surface area contributed by atoms with Crippen molar-refractivity contribution >= 4 is 17.6 Å². The summed E-state index contributed by atoms with van der Waals surface area (Å²) in [5.41, 5.74) is -0.132. The van der Waals surface area contributed by atoms with Crippen molar-refractivity contribution in [1.29, 1.82) is 0 Å². The Labute approximate surface area is 135 Å². The Bertz CT molecular complexity index is 739. The Morgan fingerprint density at radius 1 is 1.35 bits per heavy atom. The zero-order valence-corrected chi connectivity index (χ0v) is 13.1. The van der Waals surface area contributed by atoms with E-state index in [1.54, 1.807) is 0 Å². The summed E-state index contributed by atoms with van der Waals surface area (Å²) in [5.74, 6) is -1.41. The van der Waals surface area contributed by atoms with E-state index in [2.05, 4.69) is 5.10 Å². The topological polar surface area (TPSA) is 57.9 Å². The summed E-state index contributed by atoms with van der Waals surface area (Å²) in [5, 5.41) is 15.2. The zero-order valence-electron chi connectivity index (χ0n) is 12.3. The van der Waals surface area contributed by atoms with Crippen molar-refractivity contribution < 1.29 is 23.1 Å². The number of aromatic carboxylic acids is 1. The standard InChI is InChI=1S/C15H14ClF3N2O2/c1-8(2)12-6-13(14(22)23)21(20-12)7-9-3-4-10(5-11(9)16)15(17,18)19/h3-6,8H,7H2,1-2H3,(H,22,23)/p-1. The highest BCUT2D eigenvalue weighted by Crippen LogP contribution is 2.32. The second kappa shape index (κ2) is 6.23. The van der Waals surface area contributed by atoms with E-state index in [1.165, 1.54) is 16.8 Å². The second-order valence-electron chi connectivity index (χ2n) is 5.36. The number of aromatic nitrogens is 2. The summed E-state index contributed by atoms with van der Waals surface area (Å²) in [7, 11) is 0. The Hall–Kier alpha value is -2.02. The van der Waals surface area contributed by atoms with Crippen LogP contribution in [0.2, 0.25) is 5.02 Å². The van der Waals surface area contributed by atoms with Crippen LogP contribution in [-0.2, 0) is 12.7 Å². The lowest BCUT2D eigenvalue weighted by atomic mass is 10.1. The van der Waals surface area contributed by atoms with Gasteiger partial charge in [0.25, 0.3) is 0 Å². The fourth-order valence-corrected chi connectivity index (χ4v) is 2.26. The summed E-state index contributed by atoms with van der Waals surface area (Å²) < 4.78 is 39.0. The number of carbonyl (C=O) groups excluding carboxylic acids is 1. The molecule has 1 heterocycles. The summed E-state index contributed by atoms with van der Waals surface area (Å²) in [6.45, 7) is 3.63. The van der Waals surface area contributed by atoms with E-state index in [4.69, 9.17) is 11.6 Å². The van der Waals surface area contributed by atoms with Crippen molar-refractivity contribution in [3.63, 3.8) is 0 Å². The summed E-state index contributed by atoms with van der Waals surface area (Å²) in [4.78, 5) is 11.2. The van der Waals surface area contributed by atoms with Crippen LogP contribution in [0.15, 0.2) is 24.3 Å². The maximum Gasteiger partial charge on any atom is 0.416 e. The van der Waals surface area contributed by atoms with Crippen LogP contribution in [0.4, 0.5) is 13.2 Å². The third-order valence-corrected chi connectivity index (χ3v) is 3.65. The van der Waals surface area contributed by atoms with Crippen molar-refractivity contribution in [2.45, 2.75) is 32.5 Å². The average molecular weight is 346 g/mol. The fraction of sp³-hybridized carbons (Fsp3) is 0.333. The molecule has 8 heteroatoms. The molecule has 124 valence electrons. The van der Waals surface area contributed by atoms with E-state index in [-0.39, 0.29) is 23.2 Å². The summed E-state index contributed by atoms with van der Waals surface area (Å²) in [6, 6.07) is 4.30. The Morgan fingerprint density at radius 2 is 2.00 bits per heavy atom. The van der Waals surface area contributed by atoms with Crippen LogP contribution in [0.1, 0.15) is 47.1 Å². The molecule has 0 saturated carbocycles. The van der Waals surface area contributed by atoms with Crippen molar-refractivity contribution in [3.8, 4) is 0 Å². The molecule has 0 aliphatic heterocycles. The molecule has 0 aliphatic rings. The van der Waals surface area contributed by atoms with Crippen LogP contribution in [0.25, 0.3) is 0 Å². The highest BCUT2D eigenvalue weighted by molar-refractivity contribution is 6.31. The monoisotopic (exact) mass is 345 g/mol. The van der Waals surface area contributed by atoms with Gasteiger partial charge in [0, 0.05) is 5.02 Å². The van der Waals surface area contributed by atoms with Crippen molar-refractivity contribution in [1.82, 2.24) is 9.78 Å². The van der Waals surface area contributed by atoms with Gasteiger partial charge in [0.15, 0.2) is 0 Å². The molecule has 2 rings (SSSR count). The summed E-state index contributed by atoms with van der Waals surface area (Å²) >= 11 is 5.88. The normalized spacial score (nSPS) is 12.0. The molecule has 0 saturated heterocycles. The van der Waals surface area contributed by atoms with Crippen LogP contribution in [-0.4, -0.2) is 15.7 Å². The summed E-state index contributed by atoms with van der Waals surface area (Å²) in [6.07, 6.45) is -4.49. The number of nitrogens with zero attached hydrogens (tertiary/aromatic N) is 2. The molecule has 0 N–H and O–H groups in total. The number of benzene rings is 1. The van der Waals surface area contributed by atoms with Gasteiger partial charge in [-0.1, -0.05) is 31.5 Å². The third kappa shape index (κ3) is 3.85. The molecule has 0 unspecified atom stereocenters. The number of hydrogen-bond acceptors (Lipinski definition) is 3. The second-order valence-corrected chi connectivity index (χ2v) is 5.77. The van der Waals surface area contributed by atoms with Gasteiger partial charge in [0.1, 0.15) is 0 Å². The van der Waals surface area contributed by atoms with Crippen LogP contribution < -0.4 is 5.11 Å². The first-order valence-corrected chi connectivity index (χ1v) is 7.12. The van der Waals surface area contributed by atoms with Crippen LogP contribution >= 0.6 is 11.6 Å². The van der Waals surface area contributed by atoms with E-state index in [9.17, 15) is 23.1 Å². The van der Waals surface area contributed by atoms with Crippen molar-refractivity contribution in [2.75, 3.05) is 0 Å². The number of carbonyl (C=O) groups is 1. The minimum Gasteiger partial charge on any atom is -0.543 e. The lowest BCUT2D eigenvalue weighted by Crippen LogP contribution is -2.26. The number of rotatable bonds is 4. The smallest absolute Gasteiger partial charge is 0.416 e. The van der Waals surface area contributed by atoms with Gasteiger partial charge in [-0.2, -0.15) is 18.3 Å². The number of alkyl halides is 3. The highest BCUT2D eigenvalue weighted by Gasteiger charge is 2.30. The average Bonchev–Trinajstić information content (AvgIpc) is 2.84. The lowest BCUT2D eigenvalue weighted by molar-refractivity contribution is -0.255. The van der Waals surface area contributed by atoms with Gasteiger partial charge in [0.2, 0.25) is 0 Å². The van der Waals surface area contributed by atoms with Crippen LogP contribution in [0.3, 0.4) is 0 Å². The van der Waals surface area contributed by atoms with Crippen LogP contribution in [0.5, 0.6) is 0 Å². The number of hydrogen-bond donors (Lipinski definition) is 0. The Morgan fingerprint density at radius 3 is 2.48 bits per heavy atom. The first-order chi connectivity index (χ1) is 10.6. The predicted octanol–water partition coefficient (Wildman–Crippen LogP) is 3.09. The molecule has 1 aromatic carbocycles. The zero-order chi connectivity index (χ0) is 17.4. The minimum atomic E-state index is -4.49. The van der Waals surface area contributed by atoms with E-state index in [0.29, 0.717) is 11.3 Å². The molecule has 0 spiro atoms. The molecule has 0 aliphatic carbocycles. The minimum absolute atomic E-state index is 0.00238. The predicted molar refractivity (Wildman–Crippen MR) is 76.2 cm³/mol.